The van der Waals surface area contributed by atoms with E-state index in [1.54, 1.807) is 12.1 Å². The predicted octanol–water partition coefficient (Wildman–Crippen LogP) is 4.42. The third kappa shape index (κ3) is 3.63. The van der Waals surface area contributed by atoms with E-state index in [1.807, 2.05) is 6.07 Å². The van der Waals surface area contributed by atoms with Crippen molar-refractivity contribution < 1.29 is 9.90 Å². The van der Waals surface area contributed by atoms with Gasteiger partial charge in [-0.15, -0.1) is 0 Å². The summed E-state index contributed by atoms with van der Waals surface area (Å²) in [7, 11) is 0. The number of halogens is 1. The number of rotatable bonds is 4. The highest BCUT2D eigenvalue weighted by atomic mass is 35.5. The molecule has 3 nitrogen and oxygen atoms in total. The summed E-state index contributed by atoms with van der Waals surface area (Å²) in [5.74, 6) is -0.193. The van der Waals surface area contributed by atoms with Crippen molar-refractivity contribution in [3.05, 3.63) is 28.8 Å². The van der Waals surface area contributed by atoms with Crippen LogP contribution in [0.15, 0.2) is 18.2 Å². The lowest BCUT2D eigenvalue weighted by molar-refractivity contribution is 0.0697. The van der Waals surface area contributed by atoms with E-state index in [0.29, 0.717) is 6.04 Å². The van der Waals surface area contributed by atoms with Crippen LogP contribution in [0.1, 0.15) is 49.4 Å². The van der Waals surface area contributed by atoms with Gasteiger partial charge < -0.3 is 10.4 Å². The predicted molar refractivity (Wildman–Crippen MR) is 78.1 cm³/mol. The van der Waals surface area contributed by atoms with E-state index in [9.17, 15) is 4.79 Å². The monoisotopic (exact) mass is 281 g/mol. The lowest BCUT2D eigenvalue weighted by Crippen LogP contribution is -2.27. The minimum atomic E-state index is -0.983. The van der Waals surface area contributed by atoms with E-state index in [2.05, 4.69) is 12.2 Å². The molecule has 0 saturated heterocycles. The summed E-state index contributed by atoms with van der Waals surface area (Å²) in [6, 6.07) is 5.57. The van der Waals surface area contributed by atoms with Crippen molar-refractivity contribution in [3.8, 4) is 0 Å². The van der Waals surface area contributed by atoms with Crippen molar-refractivity contribution in [1.82, 2.24) is 0 Å². The van der Waals surface area contributed by atoms with Gasteiger partial charge in [-0.25, -0.2) is 4.79 Å². The Morgan fingerprint density at radius 1 is 1.47 bits per heavy atom. The molecule has 2 rings (SSSR count). The van der Waals surface area contributed by atoms with Gasteiger partial charge in [-0.1, -0.05) is 37.8 Å². The zero-order valence-corrected chi connectivity index (χ0v) is 11.9. The third-order valence-corrected chi connectivity index (χ3v) is 4.26. The quantitative estimate of drug-likeness (QED) is 0.859. The van der Waals surface area contributed by atoms with Gasteiger partial charge in [-0.2, -0.15) is 0 Å². The molecule has 0 aliphatic heterocycles. The number of hydrogen-bond acceptors (Lipinski definition) is 2. The van der Waals surface area contributed by atoms with E-state index in [0.717, 1.165) is 18.0 Å². The van der Waals surface area contributed by atoms with E-state index in [1.165, 1.54) is 25.7 Å². The van der Waals surface area contributed by atoms with Crippen molar-refractivity contribution >= 4 is 23.3 Å². The largest absolute Gasteiger partial charge is 0.478 e. The highest BCUT2D eigenvalue weighted by molar-refractivity contribution is 6.33. The van der Waals surface area contributed by atoms with Crippen LogP contribution in [0.5, 0.6) is 0 Å². The maximum absolute atomic E-state index is 11.1. The molecule has 0 spiro atoms. The maximum Gasteiger partial charge on any atom is 0.337 e. The molecule has 19 heavy (non-hydrogen) atoms. The molecule has 1 saturated carbocycles. The third-order valence-electron chi connectivity index (χ3n) is 3.93. The molecule has 0 bridgehead atoms. The van der Waals surface area contributed by atoms with Crippen LogP contribution in [-0.4, -0.2) is 17.1 Å². The van der Waals surface area contributed by atoms with Gasteiger partial charge in [0.05, 0.1) is 10.6 Å². The molecule has 1 aliphatic rings. The molecule has 2 unspecified atom stereocenters. The SMILES string of the molecule is CCC1CCCC(Nc2ccc(Cl)c(C(=O)O)c2)C1. The standard InChI is InChI=1S/C15H20ClNO2/c1-2-10-4-3-5-11(8-10)17-12-6-7-14(16)13(9-12)15(18)19/h6-7,9-11,17H,2-5,8H2,1H3,(H,18,19). The van der Waals surface area contributed by atoms with Crippen LogP contribution in [0.25, 0.3) is 0 Å². The molecule has 2 N–H and O–H groups in total. The summed E-state index contributed by atoms with van der Waals surface area (Å²) in [6.07, 6.45) is 6.10. The minimum absolute atomic E-state index is 0.162. The Labute approximate surface area is 119 Å². The summed E-state index contributed by atoms with van der Waals surface area (Å²) in [6.45, 7) is 2.23. The fraction of sp³-hybridized carbons (Fsp3) is 0.533. The Bertz CT molecular complexity index is 461. The van der Waals surface area contributed by atoms with Gasteiger partial charge in [-0.05, 0) is 37.0 Å². The lowest BCUT2D eigenvalue weighted by Gasteiger charge is -2.30. The van der Waals surface area contributed by atoms with Gasteiger partial charge in [-0.3, -0.25) is 0 Å². The van der Waals surface area contributed by atoms with E-state index in [-0.39, 0.29) is 10.6 Å². The average Bonchev–Trinajstić information content (AvgIpc) is 2.41. The average molecular weight is 282 g/mol. The summed E-state index contributed by atoms with van der Waals surface area (Å²) in [5, 5.41) is 12.8. The van der Waals surface area contributed by atoms with E-state index < -0.39 is 5.97 Å². The normalized spacial score (nSPS) is 23.1. The second kappa shape index (κ2) is 6.29. The van der Waals surface area contributed by atoms with Crippen LogP contribution < -0.4 is 5.32 Å². The smallest absolute Gasteiger partial charge is 0.337 e. The molecule has 2 atom stereocenters. The maximum atomic E-state index is 11.1. The molecule has 1 aliphatic carbocycles. The fourth-order valence-corrected chi connectivity index (χ4v) is 3.01. The second-order valence-electron chi connectivity index (χ2n) is 5.28. The number of carboxylic acid groups (broad SMARTS) is 1. The van der Waals surface area contributed by atoms with Crippen LogP contribution in [0, 0.1) is 5.92 Å². The molecular formula is C15H20ClNO2. The highest BCUT2D eigenvalue weighted by Gasteiger charge is 2.21. The number of anilines is 1. The van der Waals surface area contributed by atoms with Crippen molar-refractivity contribution in [3.63, 3.8) is 0 Å². The molecule has 0 aromatic heterocycles. The lowest BCUT2D eigenvalue weighted by atomic mass is 9.84. The zero-order chi connectivity index (χ0) is 13.8. The fourth-order valence-electron chi connectivity index (χ4n) is 2.81. The number of carbonyl (C=O) groups is 1. The highest BCUT2D eigenvalue weighted by Crippen LogP contribution is 2.29. The van der Waals surface area contributed by atoms with Crippen molar-refractivity contribution in [2.24, 2.45) is 5.92 Å². The molecular weight excluding hydrogens is 262 g/mol. The first kappa shape index (κ1) is 14.2. The van der Waals surface area contributed by atoms with Crippen molar-refractivity contribution in [2.45, 2.75) is 45.1 Å². The first-order valence-corrected chi connectivity index (χ1v) is 7.27. The number of hydrogen-bond donors (Lipinski definition) is 2. The van der Waals surface area contributed by atoms with Gasteiger partial charge >= 0.3 is 5.97 Å². The first-order chi connectivity index (χ1) is 9.10. The Kier molecular flexibility index (Phi) is 4.70. The topological polar surface area (TPSA) is 49.3 Å². The van der Waals surface area contributed by atoms with E-state index in [4.69, 9.17) is 16.7 Å². The van der Waals surface area contributed by atoms with Crippen molar-refractivity contribution in [2.75, 3.05) is 5.32 Å². The van der Waals surface area contributed by atoms with Crippen LogP contribution in [0.3, 0.4) is 0 Å². The van der Waals surface area contributed by atoms with E-state index >= 15 is 0 Å². The number of carboxylic acids is 1. The summed E-state index contributed by atoms with van der Waals surface area (Å²) >= 11 is 5.87. The first-order valence-electron chi connectivity index (χ1n) is 6.89. The summed E-state index contributed by atoms with van der Waals surface area (Å²) in [5.41, 5.74) is 1.01. The minimum Gasteiger partial charge on any atom is -0.478 e. The Morgan fingerprint density at radius 3 is 2.95 bits per heavy atom. The Hall–Kier alpha value is -1.22. The molecule has 1 aromatic carbocycles. The Balaban J connectivity index is 2.06. The molecule has 4 heteroatoms. The van der Waals surface area contributed by atoms with Gasteiger partial charge in [0.2, 0.25) is 0 Å². The van der Waals surface area contributed by atoms with Crippen LogP contribution in [0.4, 0.5) is 5.69 Å². The molecule has 1 fully saturated rings. The zero-order valence-electron chi connectivity index (χ0n) is 11.2. The molecule has 0 amide bonds. The van der Waals surface area contributed by atoms with Gasteiger partial charge in [0.15, 0.2) is 0 Å². The summed E-state index contributed by atoms with van der Waals surface area (Å²) < 4.78 is 0. The number of benzene rings is 1. The van der Waals surface area contributed by atoms with Crippen LogP contribution >= 0.6 is 11.6 Å². The Morgan fingerprint density at radius 2 is 2.26 bits per heavy atom. The van der Waals surface area contributed by atoms with Gasteiger partial charge in [0.25, 0.3) is 0 Å². The van der Waals surface area contributed by atoms with Crippen molar-refractivity contribution in [1.29, 1.82) is 0 Å². The molecule has 0 radical (unpaired) electrons. The van der Waals surface area contributed by atoms with Gasteiger partial charge in [0.1, 0.15) is 0 Å². The van der Waals surface area contributed by atoms with Gasteiger partial charge in [0, 0.05) is 11.7 Å². The summed E-state index contributed by atoms with van der Waals surface area (Å²) in [4.78, 5) is 11.1. The molecule has 104 valence electrons. The number of nitrogens with one attached hydrogen (secondary N) is 1. The molecule has 1 aromatic rings. The van der Waals surface area contributed by atoms with Crippen LogP contribution in [0.2, 0.25) is 5.02 Å². The van der Waals surface area contributed by atoms with Crippen LogP contribution in [-0.2, 0) is 0 Å². The number of aromatic carboxylic acids is 1. The second-order valence-corrected chi connectivity index (χ2v) is 5.69. The molecule has 0 heterocycles.